The van der Waals surface area contributed by atoms with Gasteiger partial charge in [0, 0.05) is 18.8 Å². The van der Waals surface area contributed by atoms with Crippen LogP contribution in [0.1, 0.15) is 25.3 Å². The van der Waals surface area contributed by atoms with Crippen molar-refractivity contribution in [1.82, 2.24) is 0 Å². The lowest BCUT2D eigenvalue weighted by molar-refractivity contribution is 0.0595. The molecule has 0 aliphatic carbocycles. The quantitative estimate of drug-likeness (QED) is 0.869. The maximum absolute atomic E-state index is 5.49. The molecule has 2 rings (SSSR count). The van der Waals surface area contributed by atoms with E-state index in [1.165, 1.54) is 24.1 Å². The van der Waals surface area contributed by atoms with E-state index in [9.17, 15) is 0 Å². The fourth-order valence-corrected chi connectivity index (χ4v) is 2.31. The molecule has 3 nitrogen and oxygen atoms in total. The van der Waals surface area contributed by atoms with Crippen LogP contribution in [0.5, 0.6) is 5.75 Å². The van der Waals surface area contributed by atoms with Gasteiger partial charge in [0.2, 0.25) is 0 Å². The summed E-state index contributed by atoms with van der Waals surface area (Å²) in [5, 5.41) is 3.52. The maximum atomic E-state index is 5.49. The largest absolute Gasteiger partial charge is 0.494 e. The van der Waals surface area contributed by atoms with E-state index < -0.39 is 0 Å². The summed E-state index contributed by atoms with van der Waals surface area (Å²) in [4.78, 5) is 0. The van der Waals surface area contributed by atoms with Gasteiger partial charge in [-0.15, -0.1) is 0 Å². The van der Waals surface area contributed by atoms with E-state index in [-0.39, 0.29) is 0 Å². The van der Waals surface area contributed by atoms with Crippen LogP contribution in [0.15, 0.2) is 18.2 Å². The number of anilines is 1. The minimum Gasteiger partial charge on any atom is -0.494 e. The van der Waals surface area contributed by atoms with E-state index in [0.29, 0.717) is 12.5 Å². The van der Waals surface area contributed by atoms with Crippen molar-refractivity contribution in [1.29, 1.82) is 0 Å². The Hall–Kier alpha value is -1.22. The first-order valence-electron chi connectivity index (χ1n) is 6.84. The van der Waals surface area contributed by atoms with Crippen molar-refractivity contribution in [3.63, 3.8) is 0 Å². The van der Waals surface area contributed by atoms with Gasteiger partial charge < -0.3 is 14.8 Å². The number of aryl methyl sites for hydroxylation is 1. The first-order chi connectivity index (χ1) is 8.79. The van der Waals surface area contributed by atoms with E-state index in [0.717, 1.165) is 25.5 Å². The van der Waals surface area contributed by atoms with Gasteiger partial charge in [-0.2, -0.15) is 0 Å². The lowest BCUT2D eigenvalue weighted by Crippen LogP contribution is -2.24. The second-order valence-electron chi connectivity index (χ2n) is 4.87. The molecule has 0 spiro atoms. The highest BCUT2D eigenvalue weighted by Crippen LogP contribution is 2.22. The summed E-state index contributed by atoms with van der Waals surface area (Å²) in [5.41, 5.74) is 2.43. The molecule has 1 aromatic carbocycles. The van der Waals surface area contributed by atoms with E-state index >= 15 is 0 Å². The van der Waals surface area contributed by atoms with Crippen molar-refractivity contribution >= 4 is 5.69 Å². The van der Waals surface area contributed by atoms with Crippen molar-refractivity contribution in [2.24, 2.45) is 5.92 Å². The average Bonchev–Trinajstić information content (AvgIpc) is 2.39. The van der Waals surface area contributed by atoms with E-state index in [2.05, 4.69) is 24.4 Å². The van der Waals surface area contributed by atoms with Gasteiger partial charge in [-0.1, -0.05) is 0 Å². The Bertz CT molecular complexity index is 373. The summed E-state index contributed by atoms with van der Waals surface area (Å²) in [5.74, 6) is 1.59. The predicted octanol–water partition coefficient (Wildman–Crippen LogP) is 3.23. The summed E-state index contributed by atoms with van der Waals surface area (Å²) >= 11 is 0. The summed E-state index contributed by atoms with van der Waals surface area (Å²) in [6, 6.07) is 6.21. The van der Waals surface area contributed by atoms with E-state index in [1.807, 2.05) is 13.0 Å². The summed E-state index contributed by atoms with van der Waals surface area (Å²) in [7, 11) is 0. The van der Waals surface area contributed by atoms with Crippen LogP contribution in [0.2, 0.25) is 0 Å². The molecule has 1 aliphatic rings. The molecule has 0 saturated carbocycles. The topological polar surface area (TPSA) is 30.5 Å². The number of nitrogens with one attached hydrogen (secondary N) is 1. The van der Waals surface area contributed by atoms with E-state index in [1.54, 1.807) is 0 Å². The highest BCUT2D eigenvalue weighted by molar-refractivity contribution is 5.53. The van der Waals surface area contributed by atoms with Crippen LogP contribution in [0.3, 0.4) is 0 Å². The molecule has 1 atom stereocenters. The molecule has 100 valence electrons. The maximum Gasteiger partial charge on any atom is 0.119 e. The second-order valence-corrected chi connectivity index (χ2v) is 4.87. The van der Waals surface area contributed by atoms with Crippen LogP contribution < -0.4 is 10.1 Å². The van der Waals surface area contributed by atoms with Gasteiger partial charge in [0.15, 0.2) is 0 Å². The van der Waals surface area contributed by atoms with Gasteiger partial charge in [-0.3, -0.25) is 0 Å². The van der Waals surface area contributed by atoms with Gasteiger partial charge in [0.1, 0.15) is 5.75 Å². The Morgan fingerprint density at radius 1 is 1.44 bits per heavy atom. The molecule has 0 radical (unpaired) electrons. The molecule has 3 heteroatoms. The van der Waals surface area contributed by atoms with Gasteiger partial charge in [-0.25, -0.2) is 0 Å². The Labute approximate surface area is 109 Å². The predicted molar refractivity (Wildman–Crippen MR) is 74.4 cm³/mol. The van der Waals surface area contributed by atoms with Crippen molar-refractivity contribution in [3.8, 4) is 5.75 Å². The fourth-order valence-electron chi connectivity index (χ4n) is 2.31. The number of ether oxygens (including phenoxy) is 2. The zero-order valence-electron chi connectivity index (χ0n) is 11.4. The third-order valence-electron chi connectivity index (χ3n) is 3.34. The zero-order chi connectivity index (χ0) is 12.8. The lowest BCUT2D eigenvalue weighted by atomic mass is 10.0. The number of benzene rings is 1. The molecule has 1 N–H and O–H groups in total. The minimum atomic E-state index is 0.643. The molecule has 0 aromatic heterocycles. The van der Waals surface area contributed by atoms with Crippen LogP contribution in [-0.2, 0) is 4.74 Å². The summed E-state index contributed by atoms with van der Waals surface area (Å²) in [6.45, 7) is 7.65. The van der Waals surface area contributed by atoms with Crippen molar-refractivity contribution < 1.29 is 9.47 Å². The molecule has 0 amide bonds. The Balaban J connectivity index is 1.88. The van der Waals surface area contributed by atoms with Crippen LogP contribution in [0.25, 0.3) is 0 Å². The zero-order valence-corrected chi connectivity index (χ0v) is 11.4. The van der Waals surface area contributed by atoms with Crippen LogP contribution in [0, 0.1) is 12.8 Å². The monoisotopic (exact) mass is 249 g/mol. The SMILES string of the molecule is CCOc1ccc(NCC2CCCOC2)c(C)c1. The third-order valence-corrected chi connectivity index (χ3v) is 3.34. The normalized spacial score (nSPS) is 19.6. The number of rotatable bonds is 5. The summed E-state index contributed by atoms with van der Waals surface area (Å²) in [6.07, 6.45) is 2.46. The summed E-state index contributed by atoms with van der Waals surface area (Å²) < 4.78 is 11.0. The van der Waals surface area contributed by atoms with Crippen LogP contribution >= 0.6 is 0 Å². The molecule has 1 heterocycles. The van der Waals surface area contributed by atoms with Gasteiger partial charge >= 0.3 is 0 Å². The van der Waals surface area contributed by atoms with Crippen LogP contribution in [-0.4, -0.2) is 26.4 Å². The molecular weight excluding hydrogens is 226 g/mol. The van der Waals surface area contributed by atoms with Gasteiger partial charge in [0.05, 0.1) is 13.2 Å². The number of hydrogen-bond donors (Lipinski definition) is 1. The smallest absolute Gasteiger partial charge is 0.119 e. The standard InChI is InChI=1S/C15H23NO2/c1-3-18-14-6-7-15(12(2)9-14)16-10-13-5-4-8-17-11-13/h6-7,9,13,16H,3-5,8,10-11H2,1-2H3. The average molecular weight is 249 g/mol. The van der Waals surface area contributed by atoms with Gasteiger partial charge in [0.25, 0.3) is 0 Å². The first-order valence-corrected chi connectivity index (χ1v) is 6.84. The molecule has 0 bridgehead atoms. The minimum absolute atomic E-state index is 0.643. The van der Waals surface area contributed by atoms with Gasteiger partial charge in [-0.05, 0) is 56.4 Å². The Morgan fingerprint density at radius 2 is 2.33 bits per heavy atom. The highest BCUT2D eigenvalue weighted by Gasteiger charge is 2.13. The fraction of sp³-hybridized carbons (Fsp3) is 0.600. The lowest BCUT2D eigenvalue weighted by Gasteiger charge is -2.23. The van der Waals surface area contributed by atoms with Crippen molar-refractivity contribution in [3.05, 3.63) is 23.8 Å². The van der Waals surface area contributed by atoms with E-state index in [4.69, 9.17) is 9.47 Å². The molecule has 1 aliphatic heterocycles. The molecule has 1 fully saturated rings. The Morgan fingerprint density at radius 3 is 3.00 bits per heavy atom. The van der Waals surface area contributed by atoms with Crippen molar-refractivity contribution in [2.45, 2.75) is 26.7 Å². The molecule has 1 unspecified atom stereocenters. The Kier molecular flexibility index (Phi) is 4.88. The third kappa shape index (κ3) is 3.64. The van der Waals surface area contributed by atoms with Crippen LogP contribution in [0.4, 0.5) is 5.69 Å². The first kappa shape index (κ1) is 13.2. The highest BCUT2D eigenvalue weighted by atomic mass is 16.5. The van der Waals surface area contributed by atoms with Crippen molar-refractivity contribution in [2.75, 3.05) is 31.7 Å². The molecule has 1 aromatic rings. The molecular formula is C15H23NO2. The number of hydrogen-bond acceptors (Lipinski definition) is 3. The molecule has 18 heavy (non-hydrogen) atoms. The second kappa shape index (κ2) is 6.64. The molecule has 1 saturated heterocycles.